The Bertz CT molecular complexity index is 535. The van der Waals surface area contributed by atoms with Crippen molar-refractivity contribution < 1.29 is 0 Å². The molecule has 0 aromatic heterocycles. The summed E-state index contributed by atoms with van der Waals surface area (Å²) in [6, 6.07) is 4.55. The van der Waals surface area contributed by atoms with E-state index in [1.54, 1.807) is 0 Å². The van der Waals surface area contributed by atoms with Crippen LogP contribution in [0.2, 0.25) is 0 Å². The van der Waals surface area contributed by atoms with E-state index in [9.17, 15) is 0 Å². The van der Waals surface area contributed by atoms with Crippen LogP contribution in [-0.2, 0) is 5.41 Å². The zero-order valence-electron chi connectivity index (χ0n) is 13.4. The Morgan fingerprint density at radius 3 is 2.50 bits per heavy atom. The molecule has 1 fully saturated rings. The van der Waals surface area contributed by atoms with Gasteiger partial charge in [0.15, 0.2) is 0 Å². The minimum Gasteiger partial charge on any atom is -0.387 e. The second-order valence-corrected chi connectivity index (χ2v) is 5.79. The predicted octanol–water partition coefficient (Wildman–Crippen LogP) is 2.94. The Morgan fingerprint density at radius 2 is 1.95 bits per heavy atom. The Hall–Kier alpha value is -1.35. The van der Waals surface area contributed by atoms with Crippen LogP contribution in [-0.4, -0.2) is 30.4 Å². The summed E-state index contributed by atoms with van der Waals surface area (Å²) in [5, 5.41) is 8.04. The first-order chi connectivity index (χ1) is 9.50. The number of rotatable bonds is 2. The Balaban J connectivity index is 0.000000704. The smallest absolute Gasteiger partial charge is 0.103 e. The van der Waals surface area contributed by atoms with Crippen molar-refractivity contribution in [1.29, 1.82) is 5.41 Å². The zero-order valence-corrected chi connectivity index (χ0v) is 13.4. The first-order valence-electron chi connectivity index (χ1n) is 7.69. The van der Waals surface area contributed by atoms with Gasteiger partial charge in [-0.15, -0.1) is 0 Å². The molecule has 0 saturated carbocycles. The number of likely N-dealkylation sites (N-methyl/N-ethyl adjacent to an activating group) is 1. The molecule has 1 saturated heterocycles. The van der Waals surface area contributed by atoms with E-state index in [2.05, 4.69) is 37.8 Å². The Labute approximate surface area is 122 Å². The first-order valence-corrected chi connectivity index (χ1v) is 7.69. The number of aryl methyl sites for hydroxylation is 2. The van der Waals surface area contributed by atoms with Gasteiger partial charge in [0.2, 0.25) is 0 Å². The van der Waals surface area contributed by atoms with Crippen molar-refractivity contribution in [2.24, 2.45) is 5.73 Å². The molecule has 2 aliphatic rings. The van der Waals surface area contributed by atoms with Crippen molar-refractivity contribution in [3.8, 4) is 0 Å². The molecule has 1 heterocycles. The molecular weight excluding hydrogens is 246 g/mol. The van der Waals surface area contributed by atoms with Gasteiger partial charge >= 0.3 is 0 Å². The molecule has 3 nitrogen and oxygen atoms in total. The quantitative estimate of drug-likeness (QED) is 0.643. The van der Waals surface area contributed by atoms with Gasteiger partial charge in [0.25, 0.3) is 0 Å². The van der Waals surface area contributed by atoms with E-state index in [1.165, 1.54) is 22.3 Å². The third-order valence-electron chi connectivity index (χ3n) is 4.96. The molecule has 1 aliphatic carbocycles. The maximum atomic E-state index is 8.04. The topological polar surface area (TPSA) is 53.1 Å². The van der Waals surface area contributed by atoms with Crippen LogP contribution in [0.15, 0.2) is 12.1 Å². The number of hydrogen-bond acceptors (Lipinski definition) is 2. The van der Waals surface area contributed by atoms with Gasteiger partial charge in [0.1, 0.15) is 5.84 Å². The molecule has 3 N–H and O–H groups in total. The number of fused-ring (bicyclic) bond motifs is 4. The highest BCUT2D eigenvalue weighted by molar-refractivity contribution is 5.95. The van der Waals surface area contributed by atoms with Gasteiger partial charge in [-0.3, -0.25) is 5.41 Å². The summed E-state index contributed by atoms with van der Waals surface area (Å²) in [5.74, 6) is 0.781. The number of nitrogens with two attached hydrogens (primary N) is 1. The molecule has 3 rings (SSSR count). The fourth-order valence-electron chi connectivity index (χ4n) is 3.67. The van der Waals surface area contributed by atoms with Crippen LogP contribution in [0.5, 0.6) is 0 Å². The lowest BCUT2D eigenvalue weighted by molar-refractivity contribution is 0.347. The summed E-state index contributed by atoms with van der Waals surface area (Å²) in [6.07, 6.45) is 0. The van der Waals surface area contributed by atoms with Gasteiger partial charge in [-0.25, -0.2) is 0 Å². The maximum Gasteiger partial charge on any atom is 0.103 e. The van der Waals surface area contributed by atoms with Crippen LogP contribution in [0.1, 0.15) is 48.9 Å². The number of nitrogens with one attached hydrogen (secondary N) is 1. The Kier molecular flexibility index (Phi) is 3.92. The van der Waals surface area contributed by atoms with Gasteiger partial charge in [-0.05, 0) is 42.6 Å². The minimum atomic E-state index is -0.191. The van der Waals surface area contributed by atoms with Crippen molar-refractivity contribution in [1.82, 2.24) is 4.90 Å². The van der Waals surface area contributed by atoms with E-state index in [0.717, 1.165) is 19.6 Å². The largest absolute Gasteiger partial charge is 0.387 e. The monoisotopic (exact) mass is 273 g/mol. The second kappa shape index (κ2) is 5.21. The molecule has 20 heavy (non-hydrogen) atoms. The molecule has 1 aromatic carbocycles. The van der Waals surface area contributed by atoms with E-state index in [1.807, 2.05) is 13.8 Å². The standard InChI is InChI=1S/C15H21N3.C2H6/c1-4-18-7-13-11-5-9(2)10(3)6-12(11)15(13,8-18)14(16)17;1-2/h5-6,13H,4,7-8H2,1-3H3,(H3,16,17);1-2H3. The summed E-state index contributed by atoms with van der Waals surface area (Å²) in [6.45, 7) is 13.5. The van der Waals surface area contributed by atoms with Crippen LogP contribution < -0.4 is 5.73 Å². The molecule has 1 aliphatic heterocycles. The van der Waals surface area contributed by atoms with Crippen molar-refractivity contribution in [2.45, 2.75) is 46.0 Å². The van der Waals surface area contributed by atoms with Gasteiger partial charge < -0.3 is 10.6 Å². The third-order valence-corrected chi connectivity index (χ3v) is 4.96. The number of likely N-dealkylation sites (tertiary alicyclic amines) is 1. The first kappa shape index (κ1) is 15.0. The minimum absolute atomic E-state index is 0.191. The normalized spacial score (nSPS) is 26.9. The summed E-state index contributed by atoms with van der Waals surface area (Å²) in [4.78, 5) is 2.41. The molecule has 0 radical (unpaired) electrons. The molecule has 1 aromatic rings. The van der Waals surface area contributed by atoms with Crippen LogP contribution in [0, 0.1) is 19.3 Å². The molecular formula is C17H27N3. The number of benzene rings is 1. The lowest BCUT2D eigenvalue weighted by Crippen LogP contribution is -2.53. The van der Waals surface area contributed by atoms with Crippen molar-refractivity contribution in [3.05, 3.63) is 34.4 Å². The van der Waals surface area contributed by atoms with Gasteiger partial charge in [0, 0.05) is 19.0 Å². The van der Waals surface area contributed by atoms with E-state index in [0.29, 0.717) is 11.8 Å². The van der Waals surface area contributed by atoms with Crippen LogP contribution >= 0.6 is 0 Å². The average Bonchev–Trinajstić information content (AvgIpc) is 2.79. The summed E-state index contributed by atoms with van der Waals surface area (Å²) in [5.41, 5.74) is 11.1. The van der Waals surface area contributed by atoms with E-state index >= 15 is 0 Å². The molecule has 2 unspecified atom stereocenters. The van der Waals surface area contributed by atoms with Gasteiger partial charge in [-0.1, -0.05) is 32.9 Å². The van der Waals surface area contributed by atoms with Crippen LogP contribution in [0.4, 0.5) is 0 Å². The number of nitrogens with zero attached hydrogens (tertiary/aromatic N) is 1. The Morgan fingerprint density at radius 1 is 1.35 bits per heavy atom. The fraction of sp³-hybridized carbons (Fsp3) is 0.588. The van der Waals surface area contributed by atoms with Gasteiger partial charge in [-0.2, -0.15) is 0 Å². The number of hydrogen-bond donors (Lipinski definition) is 2. The van der Waals surface area contributed by atoms with E-state index < -0.39 is 0 Å². The highest BCUT2D eigenvalue weighted by Crippen LogP contribution is 2.56. The second-order valence-electron chi connectivity index (χ2n) is 5.79. The molecule has 0 spiro atoms. The van der Waals surface area contributed by atoms with Crippen LogP contribution in [0.25, 0.3) is 0 Å². The molecule has 2 atom stereocenters. The summed E-state index contributed by atoms with van der Waals surface area (Å²) in [7, 11) is 0. The molecule has 110 valence electrons. The molecule has 0 amide bonds. The molecule has 3 heteroatoms. The third kappa shape index (κ3) is 1.80. The van der Waals surface area contributed by atoms with Crippen molar-refractivity contribution in [2.75, 3.05) is 19.6 Å². The summed E-state index contributed by atoms with van der Waals surface area (Å²) < 4.78 is 0. The van der Waals surface area contributed by atoms with E-state index in [4.69, 9.17) is 11.1 Å². The zero-order chi connectivity index (χ0) is 15.1. The van der Waals surface area contributed by atoms with Gasteiger partial charge in [0.05, 0.1) is 5.41 Å². The van der Waals surface area contributed by atoms with Crippen LogP contribution in [0.3, 0.4) is 0 Å². The lowest BCUT2D eigenvalue weighted by Gasteiger charge is -2.46. The fourth-order valence-corrected chi connectivity index (χ4v) is 3.67. The highest BCUT2D eigenvalue weighted by atomic mass is 15.2. The SMILES string of the molecule is CC.CCN1CC2c3cc(C)c(C)cc3C2(C(=N)N)C1. The molecule has 0 bridgehead atoms. The average molecular weight is 273 g/mol. The maximum absolute atomic E-state index is 8.04. The highest BCUT2D eigenvalue weighted by Gasteiger charge is 2.59. The van der Waals surface area contributed by atoms with Crippen molar-refractivity contribution in [3.63, 3.8) is 0 Å². The number of amidine groups is 1. The lowest BCUT2D eigenvalue weighted by atomic mass is 9.56. The predicted molar refractivity (Wildman–Crippen MR) is 85.7 cm³/mol. The van der Waals surface area contributed by atoms with Crippen molar-refractivity contribution >= 4 is 5.84 Å². The summed E-state index contributed by atoms with van der Waals surface area (Å²) >= 11 is 0. The van der Waals surface area contributed by atoms with E-state index in [-0.39, 0.29) is 5.41 Å².